The van der Waals surface area contributed by atoms with Gasteiger partial charge in [0.1, 0.15) is 0 Å². The van der Waals surface area contributed by atoms with E-state index in [1.165, 1.54) is 42.5 Å². The number of carbonyl (C=O) groups excluding carboxylic acids is 1. The first kappa shape index (κ1) is 21.4. The molecule has 1 aromatic heterocycles. The molecule has 0 N–H and O–H groups in total. The van der Waals surface area contributed by atoms with Crippen molar-refractivity contribution in [1.29, 1.82) is 0 Å². The van der Waals surface area contributed by atoms with Crippen LogP contribution in [0, 0.1) is 0 Å². The van der Waals surface area contributed by atoms with Crippen molar-refractivity contribution >= 4 is 5.91 Å². The van der Waals surface area contributed by atoms with E-state index >= 15 is 0 Å². The second kappa shape index (κ2) is 10.5. The second-order valence-corrected chi connectivity index (χ2v) is 8.78. The standard InChI is InChI=1S/C28H34N2O/c1-2-3-4-6-10-23-14-16-25(17-15-23)28(31)30(26-18-19-26)22-27-13-9-20-29(27)21-24-11-7-5-8-12-24/h5,7-9,11-17,20,26H,2-4,6,10,18-19,21-22H2,1H3. The van der Waals surface area contributed by atoms with Gasteiger partial charge in [0.05, 0.1) is 6.54 Å². The molecule has 1 amide bonds. The van der Waals surface area contributed by atoms with Crippen LogP contribution in [0.5, 0.6) is 0 Å². The fourth-order valence-electron chi connectivity index (χ4n) is 4.19. The Morgan fingerprint density at radius 1 is 0.903 bits per heavy atom. The summed E-state index contributed by atoms with van der Waals surface area (Å²) >= 11 is 0. The minimum absolute atomic E-state index is 0.160. The van der Waals surface area contributed by atoms with Crippen LogP contribution in [0.1, 0.15) is 72.6 Å². The third kappa shape index (κ3) is 5.88. The van der Waals surface area contributed by atoms with Crippen LogP contribution >= 0.6 is 0 Å². The molecule has 0 saturated heterocycles. The molecule has 162 valence electrons. The van der Waals surface area contributed by atoms with Gasteiger partial charge in [-0.05, 0) is 61.1 Å². The molecule has 4 rings (SSSR count). The van der Waals surface area contributed by atoms with Gasteiger partial charge in [-0.25, -0.2) is 0 Å². The van der Waals surface area contributed by atoms with Crippen molar-refractivity contribution in [3.63, 3.8) is 0 Å². The molecule has 0 atom stereocenters. The Hall–Kier alpha value is -2.81. The Balaban J connectivity index is 1.42. The first-order valence-corrected chi connectivity index (χ1v) is 11.8. The average molecular weight is 415 g/mol. The first-order chi connectivity index (χ1) is 15.2. The van der Waals surface area contributed by atoms with E-state index in [4.69, 9.17) is 0 Å². The third-order valence-corrected chi connectivity index (χ3v) is 6.22. The summed E-state index contributed by atoms with van der Waals surface area (Å²) in [6.45, 7) is 3.75. The van der Waals surface area contributed by atoms with Gasteiger partial charge in [0.2, 0.25) is 0 Å². The molecule has 1 aliphatic rings. The quantitative estimate of drug-likeness (QED) is 0.330. The van der Waals surface area contributed by atoms with Crippen molar-refractivity contribution in [3.8, 4) is 0 Å². The first-order valence-electron chi connectivity index (χ1n) is 11.8. The molecular formula is C28H34N2O. The SMILES string of the molecule is CCCCCCc1ccc(C(=O)N(Cc2cccn2Cc2ccccc2)C2CC2)cc1. The maximum atomic E-state index is 13.3. The van der Waals surface area contributed by atoms with Gasteiger partial charge in [0, 0.05) is 30.0 Å². The summed E-state index contributed by atoms with van der Waals surface area (Å²) in [6, 6.07) is 23.4. The van der Waals surface area contributed by atoms with Crippen molar-refractivity contribution in [1.82, 2.24) is 9.47 Å². The molecule has 1 saturated carbocycles. The maximum Gasteiger partial charge on any atom is 0.254 e. The molecule has 2 aromatic carbocycles. The lowest BCUT2D eigenvalue weighted by atomic mass is 10.0. The number of hydrogen-bond acceptors (Lipinski definition) is 1. The molecule has 3 heteroatoms. The summed E-state index contributed by atoms with van der Waals surface area (Å²) in [5.41, 5.74) is 4.61. The van der Waals surface area contributed by atoms with Crippen LogP contribution in [0.15, 0.2) is 72.9 Å². The molecule has 31 heavy (non-hydrogen) atoms. The Bertz CT molecular complexity index is 954. The molecule has 0 aliphatic heterocycles. The minimum atomic E-state index is 0.160. The van der Waals surface area contributed by atoms with Gasteiger partial charge in [-0.2, -0.15) is 0 Å². The smallest absolute Gasteiger partial charge is 0.254 e. The lowest BCUT2D eigenvalue weighted by Gasteiger charge is -2.24. The minimum Gasteiger partial charge on any atom is -0.345 e. The number of benzene rings is 2. The predicted molar refractivity (Wildman–Crippen MR) is 127 cm³/mol. The van der Waals surface area contributed by atoms with Gasteiger partial charge in [0.15, 0.2) is 0 Å². The van der Waals surface area contributed by atoms with E-state index in [9.17, 15) is 4.79 Å². The van der Waals surface area contributed by atoms with Crippen LogP contribution in [0.3, 0.4) is 0 Å². The largest absolute Gasteiger partial charge is 0.345 e. The monoisotopic (exact) mass is 414 g/mol. The highest BCUT2D eigenvalue weighted by Gasteiger charge is 2.33. The van der Waals surface area contributed by atoms with Crippen molar-refractivity contribution in [2.75, 3.05) is 0 Å². The summed E-state index contributed by atoms with van der Waals surface area (Å²) in [7, 11) is 0. The highest BCUT2D eigenvalue weighted by atomic mass is 16.2. The van der Waals surface area contributed by atoms with Crippen LogP contribution < -0.4 is 0 Å². The maximum absolute atomic E-state index is 13.3. The van der Waals surface area contributed by atoms with E-state index in [-0.39, 0.29) is 5.91 Å². The molecule has 0 bridgehead atoms. The van der Waals surface area contributed by atoms with Gasteiger partial charge in [-0.1, -0.05) is 68.7 Å². The highest BCUT2D eigenvalue weighted by molar-refractivity contribution is 5.94. The number of aromatic nitrogens is 1. The molecule has 1 heterocycles. The van der Waals surface area contributed by atoms with E-state index in [0.29, 0.717) is 12.6 Å². The summed E-state index contributed by atoms with van der Waals surface area (Å²) in [5, 5.41) is 0. The number of unbranched alkanes of at least 4 members (excludes halogenated alkanes) is 3. The number of rotatable bonds is 11. The van der Waals surface area contributed by atoms with E-state index in [2.05, 4.69) is 71.1 Å². The normalized spacial score (nSPS) is 13.3. The fraction of sp³-hybridized carbons (Fsp3) is 0.393. The van der Waals surface area contributed by atoms with Crippen LogP contribution in [-0.2, 0) is 19.5 Å². The van der Waals surface area contributed by atoms with Gasteiger partial charge in [-0.15, -0.1) is 0 Å². The highest BCUT2D eigenvalue weighted by Crippen LogP contribution is 2.30. The van der Waals surface area contributed by atoms with Gasteiger partial charge >= 0.3 is 0 Å². The third-order valence-electron chi connectivity index (χ3n) is 6.22. The summed E-state index contributed by atoms with van der Waals surface area (Å²) < 4.78 is 2.26. The zero-order valence-electron chi connectivity index (χ0n) is 18.7. The summed E-state index contributed by atoms with van der Waals surface area (Å²) in [4.78, 5) is 15.4. The zero-order valence-corrected chi connectivity index (χ0v) is 18.7. The summed E-state index contributed by atoms with van der Waals surface area (Å²) in [5.74, 6) is 0.160. The number of carbonyl (C=O) groups is 1. The predicted octanol–water partition coefficient (Wildman–Crippen LogP) is 6.46. The van der Waals surface area contributed by atoms with E-state index in [1.807, 2.05) is 18.2 Å². The molecule has 3 aromatic rings. The number of hydrogen-bond donors (Lipinski definition) is 0. The molecule has 0 unspecified atom stereocenters. The second-order valence-electron chi connectivity index (χ2n) is 8.78. The Labute approximate surface area is 186 Å². The Morgan fingerprint density at radius 3 is 2.39 bits per heavy atom. The zero-order chi connectivity index (χ0) is 21.5. The van der Waals surface area contributed by atoms with Crippen molar-refractivity contribution in [2.24, 2.45) is 0 Å². The molecule has 0 radical (unpaired) electrons. The fourth-order valence-corrected chi connectivity index (χ4v) is 4.19. The lowest BCUT2D eigenvalue weighted by Crippen LogP contribution is -2.33. The van der Waals surface area contributed by atoms with E-state index in [0.717, 1.165) is 31.4 Å². The van der Waals surface area contributed by atoms with E-state index < -0.39 is 0 Å². The van der Waals surface area contributed by atoms with Crippen LogP contribution in [0.25, 0.3) is 0 Å². The summed E-state index contributed by atoms with van der Waals surface area (Å²) in [6.07, 6.45) is 10.5. The van der Waals surface area contributed by atoms with Gasteiger partial charge < -0.3 is 9.47 Å². The number of nitrogens with zero attached hydrogens (tertiary/aromatic N) is 2. The van der Waals surface area contributed by atoms with Crippen molar-refractivity contribution < 1.29 is 4.79 Å². The van der Waals surface area contributed by atoms with Gasteiger partial charge in [0.25, 0.3) is 5.91 Å². The molecule has 1 aliphatic carbocycles. The number of amides is 1. The van der Waals surface area contributed by atoms with Crippen molar-refractivity contribution in [3.05, 3.63) is 95.3 Å². The topological polar surface area (TPSA) is 25.2 Å². The Morgan fingerprint density at radius 2 is 1.68 bits per heavy atom. The lowest BCUT2D eigenvalue weighted by molar-refractivity contribution is 0.0726. The van der Waals surface area contributed by atoms with Crippen LogP contribution in [-0.4, -0.2) is 21.4 Å². The molecule has 0 spiro atoms. The van der Waals surface area contributed by atoms with Crippen LogP contribution in [0.2, 0.25) is 0 Å². The average Bonchev–Trinajstić information content (AvgIpc) is 3.56. The molecule has 1 fully saturated rings. The molecular weight excluding hydrogens is 380 g/mol. The van der Waals surface area contributed by atoms with E-state index in [1.54, 1.807) is 0 Å². The molecule has 3 nitrogen and oxygen atoms in total. The van der Waals surface area contributed by atoms with Crippen molar-refractivity contribution in [2.45, 2.75) is 71.0 Å². The van der Waals surface area contributed by atoms with Crippen LogP contribution in [0.4, 0.5) is 0 Å². The Kier molecular flexibility index (Phi) is 7.24. The number of aryl methyl sites for hydroxylation is 1. The van der Waals surface area contributed by atoms with Gasteiger partial charge in [-0.3, -0.25) is 4.79 Å².